The summed E-state index contributed by atoms with van der Waals surface area (Å²) in [7, 11) is -0.659. The molecule has 1 heterocycles. The van der Waals surface area contributed by atoms with Gasteiger partial charge in [-0.2, -0.15) is 0 Å². The Balaban J connectivity index is 2.27. The summed E-state index contributed by atoms with van der Waals surface area (Å²) in [4.78, 5) is 0. The van der Waals surface area contributed by atoms with Crippen LogP contribution in [0.15, 0.2) is 22.7 Å². The maximum atomic E-state index is 14.1. The van der Waals surface area contributed by atoms with E-state index in [2.05, 4.69) is 15.9 Å². The fraction of sp³-hybridized carbons (Fsp3) is 0.538. The monoisotopic (exact) mass is 329 g/mol. The molecule has 104 valence electrons. The summed E-state index contributed by atoms with van der Waals surface area (Å²) in [6.07, 6.45) is 0. The van der Waals surface area contributed by atoms with Crippen LogP contribution in [0.1, 0.15) is 39.2 Å². The highest BCUT2D eigenvalue weighted by molar-refractivity contribution is 9.10. The number of rotatable bonds is 2. The van der Waals surface area contributed by atoms with Gasteiger partial charge in [-0.1, -0.05) is 12.1 Å². The smallest absolute Gasteiger partial charge is 0.402 e. The van der Waals surface area contributed by atoms with E-state index >= 15 is 0 Å². The number of hydrogen-bond acceptors (Lipinski definition) is 3. The van der Waals surface area contributed by atoms with Crippen molar-refractivity contribution in [1.29, 1.82) is 0 Å². The van der Waals surface area contributed by atoms with E-state index in [9.17, 15) is 4.39 Å². The van der Waals surface area contributed by atoms with Gasteiger partial charge in [0.1, 0.15) is 5.82 Å². The molecule has 1 aromatic rings. The first-order valence-electron chi connectivity index (χ1n) is 6.21. The molecule has 2 rings (SSSR count). The highest BCUT2D eigenvalue weighted by Gasteiger charge is 2.53. The maximum absolute atomic E-state index is 14.1. The van der Waals surface area contributed by atoms with Crippen molar-refractivity contribution in [2.24, 2.45) is 5.73 Å². The van der Waals surface area contributed by atoms with Gasteiger partial charge in [0.2, 0.25) is 0 Å². The number of benzene rings is 1. The average molecular weight is 330 g/mol. The predicted molar refractivity (Wildman–Crippen MR) is 77.1 cm³/mol. The van der Waals surface area contributed by atoms with E-state index in [4.69, 9.17) is 15.0 Å². The van der Waals surface area contributed by atoms with Crippen LogP contribution in [0.4, 0.5) is 4.39 Å². The van der Waals surface area contributed by atoms with E-state index in [1.807, 2.05) is 27.7 Å². The maximum Gasteiger partial charge on any atom is 0.480 e. The second kappa shape index (κ2) is 4.84. The lowest BCUT2D eigenvalue weighted by atomic mass is 9.75. The van der Waals surface area contributed by atoms with Crippen LogP contribution in [0, 0.1) is 5.82 Å². The minimum Gasteiger partial charge on any atom is -0.402 e. The molecule has 0 aliphatic carbocycles. The molecule has 0 bridgehead atoms. The molecule has 1 aromatic carbocycles. The van der Waals surface area contributed by atoms with Crippen LogP contribution in [0.3, 0.4) is 0 Å². The Morgan fingerprint density at radius 2 is 1.74 bits per heavy atom. The van der Waals surface area contributed by atoms with Crippen LogP contribution in [0.2, 0.25) is 0 Å². The molecule has 3 nitrogen and oxygen atoms in total. The minimum absolute atomic E-state index is 0.371. The number of nitrogens with two attached hydrogens (primary N) is 1. The van der Waals surface area contributed by atoms with Gasteiger partial charge in [-0.3, -0.25) is 0 Å². The summed E-state index contributed by atoms with van der Waals surface area (Å²) in [6, 6.07) is 5.03. The summed E-state index contributed by atoms with van der Waals surface area (Å²) in [5.41, 5.74) is 5.53. The summed E-state index contributed by atoms with van der Waals surface area (Å²) >= 11 is 3.16. The van der Waals surface area contributed by atoms with Gasteiger partial charge >= 0.3 is 7.12 Å². The van der Waals surface area contributed by atoms with Crippen molar-refractivity contribution in [1.82, 2.24) is 0 Å². The van der Waals surface area contributed by atoms with Crippen molar-refractivity contribution in [3.05, 3.63) is 34.1 Å². The third kappa shape index (κ3) is 2.59. The minimum atomic E-state index is -0.668. The van der Waals surface area contributed by atoms with Gasteiger partial charge < -0.3 is 15.0 Å². The Morgan fingerprint density at radius 3 is 2.26 bits per heavy atom. The third-order valence-corrected chi connectivity index (χ3v) is 4.52. The normalized spacial score (nSPS) is 22.6. The van der Waals surface area contributed by atoms with Crippen LogP contribution in [0.25, 0.3) is 0 Å². The largest absolute Gasteiger partial charge is 0.480 e. The molecular formula is C13H18BBrFNO2. The van der Waals surface area contributed by atoms with Crippen molar-refractivity contribution in [2.75, 3.05) is 0 Å². The zero-order valence-corrected chi connectivity index (χ0v) is 13.1. The van der Waals surface area contributed by atoms with E-state index < -0.39 is 24.3 Å². The average Bonchev–Trinajstić information content (AvgIpc) is 2.51. The molecule has 1 atom stereocenters. The van der Waals surface area contributed by atoms with Gasteiger partial charge in [-0.05, 0) is 49.7 Å². The summed E-state index contributed by atoms with van der Waals surface area (Å²) in [5.74, 6) is -1.04. The van der Waals surface area contributed by atoms with Gasteiger partial charge in [0.25, 0.3) is 0 Å². The quantitative estimate of drug-likeness (QED) is 0.847. The van der Waals surface area contributed by atoms with Gasteiger partial charge in [-0.25, -0.2) is 4.39 Å². The lowest BCUT2D eigenvalue weighted by Crippen LogP contribution is -2.41. The first-order valence-corrected chi connectivity index (χ1v) is 7.00. The second-order valence-electron chi connectivity index (χ2n) is 5.79. The van der Waals surface area contributed by atoms with Crippen molar-refractivity contribution in [3.63, 3.8) is 0 Å². The first-order chi connectivity index (χ1) is 8.66. The van der Waals surface area contributed by atoms with Crippen LogP contribution < -0.4 is 5.73 Å². The Kier molecular flexibility index (Phi) is 3.82. The second-order valence-corrected chi connectivity index (χ2v) is 6.65. The SMILES string of the molecule is CC1(C)OB([C@H](N)c2cccc(Br)c2F)OC1(C)C. The molecule has 0 spiro atoms. The molecule has 1 saturated heterocycles. The Morgan fingerprint density at radius 1 is 1.21 bits per heavy atom. The van der Waals surface area contributed by atoms with Crippen molar-refractivity contribution in [3.8, 4) is 0 Å². The summed E-state index contributed by atoms with van der Waals surface area (Å²) < 4.78 is 26.1. The van der Waals surface area contributed by atoms with E-state index in [1.54, 1.807) is 18.2 Å². The van der Waals surface area contributed by atoms with Gasteiger partial charge in [0.05, 0.1) is 21.6 Å². The highest BCUT2D eigenvalue weighted by atomic mass is 79.9. The molecule has 1 fully saturated rings. The Labute approximate surface area is 121 Å². The lowest BCUT2D eigenvalue weighted by molar-refractivity contribution is 0.00578. The van der Waals surface area contributed by atoms with E-state index in [1.165, 1.54) is 0 Å². The zero-order chi connectivity index (χ0) is 14.4. The summed E-state index contributed by atoms with van der Waals surface area (Å²) in [6.45, 7) is 7.77. The molecule has 0 unspecified atom stereocenters. The van der Waals surface area contributed by atoms with E-state index in [0.29, 0.717) is 10.0 Å². The number of hydrogen-bond donors (Lipinski definition) is 1. The topological polar surface area (TPSA) is 44.5 Å². The van der Waals surface area contributed by atoms with Crippen molar-refractivity contribution >= 4 is 23.0 Å². The Hall–Kier alpha value is -0.425. The fourth-order valence-electron chi connectivity index (χ4n) is 1.96. The van der Waals surface area contributed by atoms with E-state index in [0.717, 1.165) is 0 Å². The molecule has 0 saturated carbocycles. The van der Waals surface area contributed by atoms with Crippen LogP contribution in [0.5, 0.6) is 0 Å². The fourth-order valence-corrected chi connectivity index (χ4v) is 2.34. The lowest BCUT2D eigenvalue weighted by Gasteiger charge is -2.32. The molecule has 6 heteroatoms. The Bertz CT molecular complexity index is 480. The van der Waals surface area contributed by atoms with Crippen LogP contribution >= 0.6 is 15.9 Å². The molecule has 19 heavy (non-hydrogen) atoms. The van der Waals surface area contributed by atoms with Gasteiger partial charge in [-0.15, -0.1) is 0 Å². The van der Waals surface area contributed by atoms with Crippen LogP contribution in [-0.2, 0) is 9.31 Å². The van der Waals surface area contributed by atoms with Crippen molar-refractivity contribution in [2.45, 2.75) is 44.8 Å². The molecule has 1 aliphatic heterocycles. The summed E-state index contributed by atoms with van der Waals surface area (Å²) in [5, 5.41) is 0. The van der Waals surface area contributed by atoms with Gasteiger partial charge in [0.15, 0.2) is 0 Å². The molecule has 1 aliphatic rings. The standard InChI is InChI=1S/C13H18BBrFNO2/c1-12(2)13(3,4)19-14(18-12)11(17)8-6-5-7-9(15)10(8)16/h5-7,11H,17H2,1-4H3/t11-/m1/s1. The molecule has 0 radical (unpaired) electrons. The first kappa shape index (κ1) is 15.0. The van der Waals surface area contributed by atoms with Gasteiger partial charge in [0, 0.05) is 5.56 Å². The molecule has 0 aromatic heterocycles. The molecule has 0 amide bonds. The van der Waals surface area contributed by atoms with E-state index in [-0.39, 0.29) is 5.82 Å². The highest BCUT2D eigenvalue weighted by Crippen LogP contribution is 2.40. The van der Waals surface area contributed by atoms with Crippen molar-refractivity contribution < 1.29 is 13.7 Å². The molecular weight excluding hydrogens is 312 g/mol. The molecule has 2 N–H and O–H groups in total. The number of halogens is 2. The van der Waals surface area contributed by atoms with Crippen LogP contribution in [-0.4, -0.2) is 18.3 Å². The predicted octanol–water partition coefficient (Wildman–Crippen LogP) is 3.22. The zero-order valence-electron chi connectivity index (χ0n) is 11.5. The third-order valence-electron chi connectivity index (χ3n) is 3.91.